The third-order valence-corrected chi connectivity index (χ3v) is 3.70. The highest BCUT2D eigenvalue weighted by molar-refractivity contribution is 5.94. The van der Waals surface area contributed by atoms with E-state index in [1.165, 1.54) is 13.3 Å². The molecule has 3 aromatic rings. The van der Waals surface area contributed by atoms with Gasteiger partial charge in [0, 0.05) is 23.5 Å². The van der Waals surface area contributed by atoms with Crippen LogP contribution in [0.3, 0.4) is 0 Å². The van der Waals surface area contributed by atoms with E-state index in [1.807, 2.05) is 30.3 Å². The lowest BCUT2D eigenvalue weighted by atomic mass is 10.2. The molecule has 0 spiro atoms. The molecule has 0 atom stereocenters. The highest BCUT2D eigenvalue weighted by Crippen LogP contribution is 2.31. The molecule has 0 aliphatic heterocycles. The topological polar surface area (TPSA) is 93.6 Å². The van der Waals surface area contributed by atoms with Crippen LogP contribution in [0.25, 0.3) is 11.4 Å². The summed E-state index contributed by atoms with van der Waals surface area (Å²) in [5, 5.41) is 12.4. The van der Waals surface area contributed by atoms with Crippen LogP contribution >= 0.6 is 0 Å². The molecule has 0 bridgehead atoms. The fourth-order valence-electron chi connectivity index (χ4n) is 2.41. The van der Waals surface area contributed by atoms with Crippen LogP contribution in [0.5, 0.6) is 11.5 Å². The molecule has 0 aliphatic rings. The molecule has 0 amide bonds. The molecule has 7 heteroatoms. The number of benzene rings is 2. The minimum Gasteiger partial charge on any atom is -0.493 e. The van der Waals surface area contributed by atoms with E-state index in [0.717, 1.165) is 5.56 Å². The number of hydrogen-bond donors (Lipinski definition) is 2. The molecule has 0 saturated heterocycles. The van der Waals surface area contributed by atoms with Gasteiger partial charge in [-0.05, 0) is 12.1 Å². The zero-order valence-electron chi connectivity index (χ0n) is 14.3. The molecule has 0 radical (unpaired) electrons. The van der Waals surface area contributed by atoms with E-state index in [2.05, 4.69) is 15.3 Å². The number of anilines is 2. The number of hydrogen-bond acceptors (Lipinski definition) is 6. The standard InChI is InChI=1S/C19H17N3O4/c1-25-15-9-8-13(10-16(15)26-2)21-18-14(19(23)24)11-20-17(22-18)12-6-4-3-5-7-12/h3-11H,1-2H3,(H,23,24)(H,20,21,22). The van der Waals surface area contributed by atoms with Crippen LogP contribution in [0.4, 0.5) is 11.5 Å². The van der Waals surface area contributed by atoms with E-state index in [9.17, 15) is 9.90 Å². The summed E-state index contributed by atoms with van der Waals surface area (Å²) >= 11 is 0. The Labute approximate surface area is 150 Å². The van der Waals surface area contributed by atoms with Gasteiger partial charge < -0.3 is 19.9 Å². The van der Waals surface area contributed by atoms with E-state index in [-0.39, 0.29) is 11.4 Å². The first-order valence-electron chi connectivity index (χ1n) is 7.77. The molecule has 0 aliphatic carbocycles. The van der Waals surface area contributed by atoms with Crippen LogP contribution < -0.4 is 14.8 Å². The molecule has 2 aromatic carbocycles. The van der Waals surface area contributed by atoms with Crippen molar-refractivity contribution in [1.29, 1.82) is 0 Å². The molecule has 0 fully saturated rings. The van der Waals surface area contributed by atoms with Gasteiger partial charge >= 0.3 is 5.97 Å². The number of carboxylic acids is 1. The summed E-state index contributed by atoms with van der Waals surface area (Å²) in [7, 11) is 3.08. The van der Waals surface area contributed by atoms with Crippen molar-refractivity contribution in [2.75, 3.05) is 19.5 Å². The smallest absolute Gasteiger partial charge is 0.341 e. The predicted octanol–water partition coefficient (Wildman–Crippen LogP) is 3.60. The van der Waals surface area contributed by atoms with Gasteiger partial charge in [0.25, 0.3) is 0 Å². The van der Waals surface area contributed by atoms with Crippen LogP contribution in [-0.2, 0) is 0 Å². The zero-order chi connectivity index (χ0) is 18.5. The predicted molar refractivity (Wildman–Crippen MR) is 97.3 cm³/mol. The summed E-state index contributed by atoms with van der Waals surface area (Å²) in [6.45, 7) is 0. The van der Waals surface area contributed by atoms with Crippen molar-refractivity contribution < 1.29 is 19.4 Å². The molecule has 1 heterocycles. The molecular formula is C19H17N3O4. The Hall–Kier alpha value is -3.61. The van der Waals surface area contributed by atoms with Gasteiger partial charge in [0.2, 0.25) is 0 Å². The van der Waals surface area contributed by atoms with Crippen LogP contribution in [-0.4, -0.2) is 35.3 Å². The second kappa shape index (κ2) is 7.52. The Morgan fingerprint density at radius 1 is 1.04 bits per heavy atom. The van der Waals surface area contributed by atoms with E-state index >= 15 is 0 Å². The van der Waals surface area contributed by atoms with Gasteiger partial charge in [-0.25, -0.2) is 14.8 Å². The maximum Gasteiger partial charge on any atom is 0.341 e. The summed E-state index contributed by atoms with van der Waals surface area (Å²) in [5.41, 5.74) is 1.38. The summed E-state index contributed by atoms with van der Waals surface area (Å²) < 4.78 is 10.5. The van der Waals surface area contributed by atoms with Crippen molar-refractivity contribution in [3.05, 3.63) is 60.3 Å². The average molecular weight is 351 g/mol. The third kappa shape index (κ3) is 3.56. The fraction of sp³-hybridized carbons (Fsp3) is 0.105. The van der Waals surface area contributed by atoms with Crippen LogP contribution in [0.2, 0.25) is 0 Å². The number of ether oxygens (including phenoxy) is 2. The van der Waals surface area contributed by atoms with Crippen molar-refractivity contribution in [2.24, 2.45) is 0 Å². The lowest BCUT2D eigenvalue weighted by molar-refractivity contribution is 0.0697. The minimum atomic E-state index is -1.12. The second-order valence-corrected chi connectivity index (χ2v) is 5.32. The monoisotopic (exact) mass is 351 g/mol. The first kappa shape index (κ1) is 17.2. The van der Waals surface area contributed by atoms with Crippen molar-refractivity contribution in [3.63, 3.8) is 0 Å². The number of carbonyl (C=O) groups is 1. The van der Waals surface area contributed by atoms with Gasteiger partial charge in [-0.2, -0.15) is 0 Å². The lowest BCUT2D eigenvalue weighted by Gasteiger charge is -2.13. The van der Waals surface area contributed by atoms with Gasteiger partial charge in [0.05, 0.1) is 14.2 Å². The normalized spacial score (nSPS) is 10.2. The molecule has 132 valence electrons. The average Bonchev–Trinajstić information content (AvgIpc) is 2.68. The number of nitrogens with zero attached hydrogens (tertiary/aromatic N) is 2. The van der Waals surface area contributed by atoms with E-state index in [1.54, 1.807) is 25.3 Å². The van der Waals surface area contributed by atoms with Crippen LogP contribution in [0, 0.1) is 0 Å². The number of aromatic nitrogens is 2. The maximum atomic E-state index is 11.5. The fourth-order valence-corrected chi connectivity index (χ4v) is 2.41. The minimum absolute atomic E-state index is 0.0283. The highest BCUT2D eigenvalue weighted by Gasteiger charge is 2.15. The number of carboxylic acid groups (broad SMARTS) is 1. The van der Waals surface area contributed by atoms with Crippen molar-refractivity contribution in [2.45, 2.75) is 0 Å². The van der Waals surface area contributed by atoms with Crippen LogP contribution in [0.1, 0.15) is 10.4 Å². The van der Waals surface area contributed by atoms with Gasteiger partial charge in [0.1, 0.15) is 11.4 Å². The largest absolute Gasteiger partial charge is 0.493 e. The van der Waals surface area contributed by atoms with E-state index in [4.69, 9.17) is 9.47 Å². The lowest BCUT2D eigenvalue weighted by Crippen LogP contribution is -2.07. The second-order valence-electron chi connectivity index (χ2n) is 5.32. The Morgan fingerprint density at radius 3 is 2.42 bits per heavy atom. The molecule has 7 nitrogen and oxygen atoms in total. The van der Waals surface area contributed by atoms with Crippen LogP contribution in [0.15, 0.2) is 54.7 Å². The van der Waals surface area contributed by atoms with Gasteiger partial charge in [0.15, 0.2) is 17.3 Å². The first-order valence-corrected chi connectivity index (χ1v) is 7.77. The molecule has 3 rings (SSSR count). The maximum absolute atomic E-state index is 11.5. The van der Waals surface area contributed by atoms with Gasteiger partial charge in [-0.15, -0.1) is 0 Å². The Bertz CT molecular complexity index is 929. The van der Waals surface area contributed by atoms with Crippen molar-refractivity contribution >= 4 is 17.5 Å². The summed E-state index contributed by atoms with van der Waals surface area (Å²) in [6, 6.07) is 14.5. The quantitative estimate of drug-likeness (QED) is 0.701. The Balaban J connectivity index is 2.01. The van der Waals surface area contributed by atoms with Gasteiger partial charge in [-0.3, -0.25) is 0 Å². The SMILES string of the molecule is COc1ccc(Nc2nc(-c3ccccc3)ncc2C(=O)O)cc1OC. The highest BCUT2D eigenvalue weighted by atomic mass is 16.5. The number of nitrogens with one attached hydrogen (secondary N) is 1. The first-order chi connectivity index (χ1) is 12.6. The van der Waals surface area contributed by atoms with Crippen molar-refractivity contribution in [1.82, 2.24) is 9.97 Å². The Kier molecular flexibility index (Phi) is 4.98. The van der Waals surface area contributed by atoms with Gasteiger partial charge in [-0.1, -0.05) is 30.3 Å². The third-order valence-electron chi connectivity index (χ3n) is 3.70. The molecule has 2 N–H and O–H groups in total. The van der Waals surface area contributed by atoms with E-state index < -0.39 is 5.97 Å². The number of aromatic carboxylic acids is 1. The molecular weight excluding hydrogens is 334 g/mol. The summed E-state index contributed by atoms with van der Waals surface area (Å²) in [4.78, 5) is 20.1. The summed E-state index contributed by atoms with van der Waals surface area (Å²) in [5.74, 6) is 0.598. The molecule has 0 unspecified atom stereocenters. The molecule has 0 saturated carbocycles. The summed E-state index contributed by atoms with van der Waals surface area (Å²) in [6.07, 6.45) is 1.29. The number of methoxy groups -OCH3 is 2. The molecule has 26 heavy (non-hydrogen) atoms. The zero-order valence-corrected chi connectivity index (χ0v) is 14.3. The molecule has 1 aromatic heterocycles. The Morgan fingerprint density at radius 2 is 1.77 bits per heavy atom. The van der Waals surface area contributed by atoms with Crippen molar-refractivity contribution in [3.8, 4) is 22.9 Å². The van der Waals surface area contributed by atoms with E-state index in [0.29, 0.717) is 23.0 Å². The number of rotatable bonds is 6.